The van der Waals surface area contributed by atoms with Gasteiger partial charge in [-0.05, 0) is 72.9 Å². The molecule has 0 saturated carbocycles. The smallest absolute Gasteiger partial charge is 0.163 e. The number of methoxy groups -OCH3 is 2. The van der Waals surface area contributed by atoms with Gasteiger partial charge in [0.05, 0.1) is 20.8 Å². The van der Waals surface area contributed by atoms with E-state index >= 15 is 0 Å². The Bertz CT molecular complexity index is 1170. The third-order valence-electron chi connectivity index (χ3n) is 5.87. The summed E-state index contributed by atoms with van der Waals surface area (Å²) in [7, 11) is 3.36. The largest absolute Gasteiger partial charge is 0.497 e. The van der Waals surface area contributed by atoms with E-state index in [9.17, 15) is 0 Å². The van der Waals surface area contributed by atoms with E-state index in [-0.39, 0.29) is 0 Å². The maximum atomic E-state index is 6.20. The topological polar surface area (TPSA) is 43.8 Å². The van der Waals surface area contributed by atoms with E-state index in [2.05, 4.69) is 64.5 Å². The highest BCUT2D eigenvalue weighted by Gasteiger charge is 2.14. The van der Waals surface area contributed by atoms with Crippen molar-refractivity contribution in [3.05, 3.63) is 108 Å². The summed E-state index contributed by atoms with van der Waals surface area (Å²) in [6, 6.07) is 28.8. The summed E-state index contributed by atoms with van der Waals surface area (Å²) < 4.78 is 17.0. The van der Waals surface area contributed by atoms with Crippen molar-refractivity contribution < 1.29 is 14.2 Å². The van der Waals surface area contributed by atoms with E-state index in [1.807, 2.05) is 36.5 Å². The third kappa shape index (κ3) is 6.76. The molecular weight excluding hydrogens is 436 g/mol. The van der Waals surface area contributed by atoms with Gasteiger partial charge in [0.1, 0.15) is 5.75 Å². The molecular formula is C30H32N2O3. The van der Waals surface area contributed by atoms with Crippen LogP contribution in [-0.4, -0.2) is 25.8 Å². The first-order valence-corrected chi connectivity index (χ1v) is 11.9. The van der Waals surface area contributed by atoms with Gasteiger partial charge in [-0.3, -0.25) is 4.98 Å². The average molecular weight is 469 g/mol. The molecule has 0 radical (unpaired) electrons. The number of anilines is 2. The minimum Gasteiger partial charge on any atom is -0.497 e. The predicted molar refractivity (Wildman–Crippen MR) is 141 cm³/mol. The van der Waals surface area contributed by atoms with E-state index in [4.69, 9.17) is 14.2 Å². The number of rotatable bonds is 12. The zero-order valence-corrected chi connectivity index (χ0v) is 20.4. The van der Waals surface area contributed by atoms with E-state index in [1.54, 1.807) is 20.4 Å². The van der Waals surface area contributed by atoms with Crippen molar-refractivity contribution in [2.45, 2.75) is 25.8 Å². The molecule has 0 aliphatic carbocycles. The lowest BCUT2D eigenvalue weighted by Gasteiger charge is -2.26. The normalized spacial score (nSPS) is 10.6. The quantitative estimate of drug-likeness (QED) is 0.213. The predicted octanol–water partition coefficient (Wildman–Crippen LogP) is 6.84. The second-order valence-corrected chi connectivity index (χ2v) is 8.27. The summed E-state index contributed by atoms with van der Waals surface area (Å²) in [5, 5.41) is 0. The Balaban J connectivity index is 1.43. The van der Waals surface area contributed by atoms with Crippen molar-refractivity contribution in [3.8, 4) is 17.2 Å². The van der Waals surface area contributed by atoms with E-state index < -0.39 is 0 Å². The molecule has 0 N–H and O–H groups in total. The van der Waals surface area contributed by atoms with E-state index in [1.165, 1.54) is 5.56 Å². The second-order valence-electron chi connectivity index (χ2n) is 8.27. The lowest BCUT2D eigenvalue weighted by Crippen LogP contribution is -2.16. The maximum Gasteiger partial charge on any atom is 0.163 e. The van der Waals surface area contributed by atoms with E-state index in [0.717, 1.165) is 53.4 Å². The first-order valence-electron chi connectivity index (χ1n) is 11.9. The van der Waals surface area contributed by atoms with Gasteiger partial charge in [-0.15, -0.1) is 0 Å². The fourth-order valence-corrected chi connectivity index (χ4v) is 3.97. The maximum absolute atomic E-state index is 6.20. The van der Waals surface area contributed by atoms with Gasteiger partial charge in [0.2, 0.25) is 0 Å². The number of nitrogens with zero attached hydrogens (tertiary/aromatic N) is 2. The Hall–Kier alpha value is -3.99. The van der Waals surface area contributed by atoms with Crippen LogP contribution in [-0.2, 0) is 13.0 Å². The Morgan fingerprint density at radius 1 is 0.714 bits per heavy atom. The molecule has 4 aromatic rings. The Kier molecular flexibility index (Phi) is 8.60. The van der Waals surface area contributed by atoms with Crippen molar-refractivity contribution in [1.82, 2.24) is 4.98 Å². The second kappa shape index (κ2) is 12.5. The molecule has 0 spiro atoms. The summed E-state index contributed by atoms with van der Waals surface area (Å²) in [6.07, 6.45) is 6.71. The SMILES string of the molecule is COc1ccc(CCCCOc2cc(N(Cc3cccnc3)c3ccccc3)ccc2OC)cc1. The van der Waals surface area contributed by atoms with Crippen molar-refractivity contribution in [2.24, 2.45) is 0 Å². The molecule has 3 aromatic carbocycles. The molecule has 5 heteroatoms. The number of ether oxygens (including phenoxy) is 3. The highest BCUT2D eigenvalue weighted by molar-refractivity contribution is 5.66. The molecule has 0 fully saturated rings. The molecule has 1 aromatic heterocycles. The lowest BCUT2D eigenvalue weighted by atomic mass is 10.1. The molecule has 0 saturated heterocycles. The summed E-state index contributed by atoms with van der Waals surface area (Å²) in [6.45, 7) is 1.33. The highest BCUT2D eigenvalue weighted by atomic mass is 16.5. The van der Waals surface area contributed by atoms with Crippen LogP contribution in [0.25, 0.3) is 0 Å². The highest BCUT2D eigenvalue weighted by Crippen LogP contribution is 2.35. The molecule has 0 aliphatic heterocycles. The van der Waals surface area contributed by atoms with Crippen LogP contribution in [0.3, 0.4) is 0 Å². The van der Waals surface area contributed by atoms with Crippen molar-refractivity contribution in [3.63, 3.8) is 0 Å². The minimum atomic E-state index is 0.629. The van der Waals surface area contributed by atoms with Gasteiger partial charge in [0, 0.05) is 36.4 Å². The Labute approximate surface area is 207 Å². The summed E-state index contributed by atoms with van der Waals surface area (Å²) in [4.78, 5) is 6.54. The van der Waals surface area contributed by atoms with Crippen molar-refractivity contribution >= 4 is 11.4 Å². The number of pyridine rings is 1. The summed E-state index contributed by atoms with van der Waals surface area (Å²) >= 11 is 0. The number of aromatic nitrogens is 1. The van der Waals surface area contributed by atoms with Gasteiger partial charge in [-0.2, -0.15) is 0 Å². The number of aryl methyl sites for hydroxylation is 1. The summed E-state index contributed by atoms with van der Waals surface area (Å²) in [5.41, 5.74) is 4.58. The first kappa shape index (κ1) is 24.1. The molecule has 0 bridgehead atoms. The van der Waals surface area contributed by atoms with Crippen LogP contribution < -0.4 is 19.1 Å². The van der Waals surface area contributed by atoms with Crippen LogP contribution in [0.2, 0.25) is 0 Å². The number of unbranched alkanes of at least 4 members (excludes halogenated alkanes) is 1. The van der Waals surface area contributed by atoms with Gasteiger partial charge in [-0.1, -0.05) is 36.4 Å². The molecule has 1 heterocycles. The fraction of sp³-hybridized carbons (Fsp3) is 0.233. The monoisotopic (exact) mass is 468 g/mol. The van der Waals surface area contributed by atoms with Crippen LogP contribution in [0, 0.1) is 0 Å². The number of hydrogen-bond donors (Lipinski definition) is 0. The standard InChI is InChI=1S/C30H32N2O3/c1-33-28-16-13-24(14-17-28)9-6-7-20-35-30-21-27(15-18-29(30)34-2)32(26-11-4-3-5-12-26)23-25-10-8-19-31-22-25/h3-5,8,10-19,21-22H,6-7,9,20,23H2,1-2H3. The van der Waals surface area contributed by atoms with Crippen LogP contribution in [0.4, 0.5) is 11.4 Å². The van der Waals surface area contributed by atoms with Gasteiger partial charge in [0.15, 0.2) is 11.5 Å². The summed E-state index contributed by atoms with van der Waals surface area (Å²) in [5.74, 6) is 2.37. The number of hydrogen-bond acceptors (Lipinski definition) is 5. The molecule has 0 amide bonds. The molecule has 35 heavy (non-hydrogen) atoms. The molecule has 0 aliphatic rings. The van der Waals surface area contributed by atoms with Crippen molar-refractivity contribution in [1.29, 1.82) is 0 Å². The van der Waals surface area contributed by atoms with E-state index in [0.29, 0.717) is 13.2 Å². The zero-order valence-electron chi connectivity index (χ0n) is 20.4. The van der Waals surface area contributed by atoms with Gasteiger partial charge in [0.25, 0.3) is 0 Å². The first-order chi connectivity index (χ1) is 17.3. The van der Waals surface area contributed by atoms with Gasteiger partial charge >= 0.3 is 0 Å². The molecule has 0 unspecified atom stereocenters. The molecule has 4 rings (SSSR count). The van der Waals surface area contributed by atoms with Crippen LogP contribution >= 0.6 is 0 Å². The van der Waals surface area contributed by atoms with Crippen molar-refractivity contribution in [2.75, 3.05) is 25.7 Å². The molecule has 180 valence electrons. The Morgan fingerprint density at radius 2 is 1.54 bits per heavy atom. The van der Waals surface area contributed by atoms with Crippen LogP contribution in [0.1, 0.15) is 24.0 Å². The fourth-order valence-electron chi connectivity index (χ4n) is 3.97. The lowest BCUT2D eigenvalue weighted by molar-refractivity contribution is 0.286. The average Bonchev–Trinajstić information content (AvgIpc) is 2.93. The number of para-hydroxylation sites is 1. The van der Waals surface area contributed by atoms with Crippen LogP contribution in [0.15, 0.2) is 97.3 Å². The number of benzene rings is 3. The third-order valence-corrected chi connectivity index (χ3v) is 5.87. The molecule has 5 nitrogen and oxygen atoms in total. The van der Waals surface area contributed by atoms with Crippen LogP contribution in [0.5, 0.6) is 17.2 Å². The van der Waals surface area contributed by atoms with Gasteiger partial charge in [-0.25, -0.2) is 0 Å². The van der Waals surface area contributed by atoms with Gasteiger partial charge < -0.3 is 19.1 Å². The Morgan fingerprint density at radius 3 is 2.26 bits per heavy atom. The molecule has 0 atom stereocenters. The minimum absolute atomic E-state index is 0.629. The zero-order chi connectivity index (χ0) is 24.3.